The number of rotatable bonds is 5. The molecule has 1 atom stereocenters. The lowest BCUT2D eigenvalue weighted by Crippen LogP contribution is -2.34. The molecule has 1 fully saturated rings. The fraction of sp³-hybridized carbons (Fsp3) is 0.300. The van der Waals surface area contributed by atoms with E-state index in [-0.39, 0.29) is 6.10 Å². The van der Waals surface area contributed by atoms with Crippen LogP contribution in [-0.2, 0) is 11.3 Å². The van der Waals surface area contributed by atoms with E-state index in [0.717, 1.165) is 38.4 Å². The van der Waals surface area contributed by atoms with Gasteiger partial charge in [-0.2, -0.15) is 5.10 Å². The zero-order valence-electron chi connectivity index (χ0n) is 14.5. The third-order valence-electron chi connectivity index (χ3n) is 4.61. The monoisotopic (exact) mass is 366 g/mol. The van der Waals surface area contributed by atoms with Gasteiger partial charge in [0.05, 0.1) is 12.6 Å². The predicted molar refractivity (Wildman–Crippen MR) is 108 cm³/mol. The smallest absolute Gasteiger partial charge is 0.172 e. The van der Waals surface area contributed by atoms with Crippen molar-refractivity contribution in [3.63, 3.8) is 0 Å². The van der Waals surface area contributed by atoms with Gasteiger partial charge in [-0.15, -0.1) is 0 Å². The van der Waals surface area contributed by atoms with Gasteiger partial charge in [0.25, 0.3) is 0 Å². The average Bonchev–Trinajstić information content (AvgIpc) is 3.32. The maximum absolute atomic E-state index is 5.59. The molecule has 1 aliphatic heterocycles. The van der Waals surface area contributed by atoms with Crippen molar-refractivity contribution < 1.29 is 4.74 Å². The molecule has 0 amide bonds. The number of fused-ring (bicyclic) bond motifs is 1. The molecule has 0 radical (unpaired) electrons. The summed E-state index contributed by atoms with van der Waals surface area (Å²) in [6.07, 6.45) is 4.45. The molecule has 1 aromatic heterocycles. The number of anilines is 1. The molecule has 1 saturated heterocycles. The summed E-state index contributed by atoms with van der Waals surface area (Å²) in [4.78, 5) is 0. The molecule has 2 aromatic carbocycles. The normalized spacial score (nSPS) is 16.7. The molecule has 0 bridgehead atoms. The van der Waals surface area contributed by atoms with E-state index in [9.17, 15) is 0 Å². The van der Waals surface area contributed by atoms with Crippen LogP contribution in [0.2, 0.25) is 0 Å². The van der Waals surface area contributed by atoms with Crippen LogP contribution < -0.4 is 10.6 Å². The van der Waals surface area contributed by atoms with E-state index in [0.29, 0.717) is 5.11 Å². The van der Waals surface area contributed by atoms with E-state index in [1.54, 1.807) is 0 Å². The number of nitrogens with zero attached hydrogens (tertiary/aromatic N) is 2. The summed E-state index contributed by atoms with van der Waals surface area (Å²) in [5.41, 5.74) is 1.25. The summed E-state index contributed by atoms with van der Waals surface area (Å²) >= 11 is 5.35. The molecule has 1 aliphatic rings. The van der Waals surface area contributed by atoms with Crippen LogP contribution in [0.1, 0.15) is 18.4 Å². The maximum atomic E-state index is 5.59. The second kappa shape index (κ2) is 7.85. The summed E-state index contributed by atoms with van der Waals surface area (Å²) in [6, 6.07) is 16.7. The number of ether oxygens (including phenoxy) is 1. The number of aromatic nitrogens is 2. The molecule has 0 aliphatic carbocycles. The van der Waals surface area contributed by atoms with Gasteiger partial charge in [-0.3, -0.25) is 4.68 Å². The van der Waals surface area contributed by atoms with Crippen molar-refractivity contribution in [2.75, 3.05) is 18.5 Å². The first-order valence-corrected chi connectivity index (χ1v) is 9.35. The minimum Gasteiger partial charge on any atom is -0.376 e. The van der Waals surface area contributed by atoms with Gasteiger partial charge in [0.1, 0.15) is 0 Å². The fourth-order valence-electron chi connectivity index (χ4n) is 3.29. The van der Waals surface area contributed by atoms with Crippen molar-refractivity contribution in [2.45, 2.75) is 25.5 Å². The van der Waals surface area contributed by atoms with Crippen molar-refractivity contribution in [1.29, 1.82) is 0 Å². The molecule has 2 heterocycles. The van der Waals surface area contributed by atoms with Gasteiger partial charge < -0.3 is 15.4 Å². The summed E-state index contributed by atoms with van der Waals surface area (Å²) in [5, 5.41) is 14.0. The lowest BCUT2D eigenvalue weighted by Gasteiger charge is -2.12. The topological polar surface area (TPSA) is 51.1 Å². The van der Waals surface area contributed by atoms with Crippen molar-refractivity contribution in [2.24, 2.45) is 0 Å². The SMILES string of the molecule is S=C(NCC1CCCO1)Nc1ccn(Cc2cccc3ccccc23)n1. The van der Waals surface area contributed by atoms with Crippen LogP contribution in [0.3, 0.4) is 0 Å². The van der Waals surface area contributed by atoms with Gasteiger partial charge in [0.2, 0.25) is 0 Å². The van der Waals surface area contributed by atoms with E-state index in [1.807, 2.05) is 16.9 Å². The predicted octanol–water partition coefficient (Wildman–Crippen LogP) is 3.55. The Hall–Kier alpha value is -2.44. The first kappa shape index (κ1) is 17.0. The molecule has 134 valence electrons. The molecule has 0 spiro atoms. The molecule has 3 aromatic rings. The first-order valence-electron chi connectivity index (χ1n) is 8.94. The van der Waals surface area contributed by atoms with Crippen LogP contribution in [0.5, 0.6) is 0 Å². The van der Waals surface area contributed by atoms with Crippen LogP contribution in [0.15, 0.2) is 54.7 Å². The lowest BCUT2D eigenvalue weighted by molar-refractivity contribution is 0.114. The van der Waals surface area contributed by atoms with Crippen LogP contribution in [0.25, 0.3) is 10.8 Å². The summed E-state index contributed by atoms with van der Waals surface area (Å²) in [5.74, 6) is 0.745. The third kappa shape index (κ3) is 4.03. The highest BCUT2D eigenvalue weighted by Gasteiger charge is 2.15. The standard InChI is InChI=1S/C20H22N4OS/c26-20(21-13-17-8-4-12-25-17)22-19-10-11-24(23-19)14-16-7-3-6-15-5-1-2-9-18(15)16/h1-3,5-7,9-11,17H,4,8,12-14H2,(H2,21,22,23,26). The van der Waals surface area contributed by atoms with Gasteiger partial charge in [0.15, 0.2) is 10.9 Å². The second-order valence-electron chi connectivity index (χ2n) is 6.51. The Morgan fingerprint density at radius 3 is 2.96 bits per heavy atom. The molecule has 6 heteroatoms. The minimum atomic E-state index is 0.263. The summed E-state index contributed by atoms with van der Waals surface area (Å²) < 4.78 is 7.51. The highest BCUT2D eigenvalue weighted by molar-refractivity contribution is 7.80. The van der Waals surface area contributed by atoms with Gasteiger partial charge in [-0.25, -0.2) is 0 Å². The Bertz CT molecular complexity index is 896. The van der Waals surface area contributed by atoms with E-state index in [1.165, 1.54) is 16.3 Å². The quantitative estimate of drug-likeness (QED) is 0.677. The Balaban J connectivity index is 1.37. The van der Waals surface area contributed by atoms with E-state index in [2.05, 4.69) is 58.2 Å². The van der Waals surface area contributed by atoms with Crippen molar-refractivity contribution >= 4 is 33.9 Å². The zero-order valence-corrected chi connectivity index (χ0v) is 15.3. The summed E-state index contributed by atoms with van der Waals surface area (Å²) in [7, 11) is 0. The molecular formula is C20H22N4OS. The molecule has 5 nitrogen and oxygen atoms in total. The third-order valence-corrected chi connectivity index (χ3v) is 4.86. The van der Waals surface area contributed by atoms with E-state index < -0.39 is 0 Å². The van der Waals surface area contributed by atoms with E-state index >= 15 is 0 Å². The molecular weight excluding hydrogens is 344 g/mol. The zero-order chi connectivity index (χ0) is 17.8. The largest absolute Gasteiger partial charge is 0.376 e. The van der Waals surface area contributed by atoms with Gasteiger partial charge >= 0.3 is 0 Å². The number of hydrogen-bond acceptors (Lipinski definition) is 3. The van der Waals surface area contributed by atoms with Crippen LogP contribution >= 0.6 is 12.2 Å². The molecule has 4 rings (SSSR count). The van der Waals surface area contributed by atoms with Crippen LogP contribution in [0, 0.1) is 0 Å². The average molecular weight is 366 g/mol. The first-order chi connectivity index (χ1) is 12.8. The van der Waals surface area contributed by atoms with Crippen molar-refractivity contribution in [3.05, 3.63) is 60.3 Å². The van der Waals surface area contributed by atoms with Gasteiger partial charge in [-0.1, -0.05) is 42.5 Å². The lowest BCUT2D eigenvalue weighted by atomic mass is 10.0. The number of nitrogens with one attached hydrogen (secondary N) is 2. The molecule has 26 heavy (non-hydrogen) atoms. The maximum Gasteiger partial charge on any atom is 0.172 e. The highest BCUT2D eigenvalue weighted by atomic mass is 32.1. The minimum absolute atomic E-state index is 0.263. The molecule has 1 unspecified atom stereocenters. The molecule has 0 saturated carbocycles. The van der Waals surface area contributed by atoms with Crippen molar-refractivity contribution in [1.82, 2.24) is 15.1 Å². The van der Waals surface area contributed by atoms with Gasteiger partial charge in [-0.05, 0) is 41.4 Å². The van der Waals surface area contributed by atoms with E-state index in [4.69, 9.17) is 17.0 Å². The Morgan fingerprint density at radius 1 is 1.19 bits per heavy atom. The van der Waals surface area contributed by atoms with Gasteiger partial charge in [0, 0.05) is 25.4 Å². The number of hydrogen-bond donors (Lipinski definition) is 2. The number of benzene rings is 2. The summed E-state index contributed by atoms with van der Waals surface area (Å²) in [6.45, 7) is 2.31. The Morgan fingerprint density at radius 2 is 2.08 bits per heavy atom. The highest BCUT2D eigenvalue weighted by Crippen LogP contribution is 2.19. The Kier molecular flexibility index (Phi) is 5.13. The molecule has 2 N–H and O–H groups in total. The fourth-order valence-corrected chi connectivity index (χ4v) is 3.48. The second-order valence-corrected chi connectivity index (χ2v) is 6.92. The van der Waals surface area contributed by atoms with Crippen LogP contribution in [-0.4, -0.2) is 34.1 Å². The number of thiocarbonyl (C=S) groups is 1. The Labute approximate surface area is 158 Å². The van der Waals surface area contributed by atoms with Crippen molar-refractivity contribution in [3.8, 4) is 0 Å². The van der Waals surface area contributed by atoms with Crippen LogP contribution in [0.4, 0.5) is 5.82 Å².